The molecule has 2 aliphatic carbocycles. The molecule has 5 aromatic carbocycles. The third kappa shape index (κ3) is 6.81. The largest absolute Gasteiger partial charge is 0.519 e. The lowest BCUT2D eigenvalue weighted by Crippen LogP contribution is -2.27. The van der Waals surface area contributed by atoms with E-state index in [0.717, 1.165) is 35.1 Å². The summed E-state index contributed by atoms with van der Waals surface area (Å²) in [6.45, 7) is 20.2. The Balaban J connectivity index is 1.06. The van der Waals surface area contributed by atoms with E-state index in [1.807, 2.05) is 42.5 Å². The van der Waals surface area contributed by atoms with Crippen LogP contribution in [0.25, 0.3) is 0 Å². The lowest BCUT2D eigenvalue weighted by Gasteiger charge is -2.31. The van der Waals surface area contributed by atoms with Crippen molar-refractivity contribution < 1.29 is 28.5 Å². The standard InChI is InChI=1S/C49H52O6/c1-31-14-24-39-41(26-31)49(29-45(39,2)3)30-46(4,5)40-25-23-38(28-42(40)49)55-44(51)54-37-21-17-33(18-22-37)48(8,9)35-13-11-12-34(27-35)47(6,7)32-15-19-36(20-16-32)53-43(50)52-10/h11-28H,29-30H2,1-10H3. The number of rotatable bonds is 7. The molecule has 0 aliphatic heterocycles. The van der Waals surface area contributed by atoms with E-state index in [1.165, 1.54) is 34.9 Å². The average Bonchev–Trinajstić information content (AvgIpc) is 3.50. The second-order valence-electron chi connectivity index (χ2n) is 17.8. The normalized spacial score (nSPS) is 18.0. The summed E-state index contributed by atoms with van der Waals surface area (Å²) in [7, 11) is 1.29. The molecule has 2 aliphatic rings. The lowest BCUT2D eigenvalue weighted by molar-refractivity contribution is 0.121. The van der Waals surface area contributed by atoms with Crippen LogP contribution in [-0.4, -0.2) is 19.4 Å². The highest BCUT2D eigenvalue weighted by molar-refractivity contribution is 5.69. The number of hydrogen-bond acceptors (Lipinski definition) is 6. The van der Waals surface area contributed by atoms with Gasteiger partial charge in [0.25, 0.3) is 0 Å². The lowest BCUT2D eigenvalue weighted by atomic mass is 9.72. The predicted octanol–water partition coefficient (Wildman–Crippen LogP) is 12.0. The van der Waals surface area contributed by atoms with Crippen molar-refractivity contribution in [3.63, 3.8) is 0 Å². The fourth-order valence-electron chi connectivity index (χ4n) is 9.37. The summed E-state index contributed by atoms with van der Waals surface area (Å²) in [5.41, 5.74) is 10.3. The molecule has 0 fully saturated rings. The summed E-state index contributed by atoms with van der Waals surface area (Å²) in [6, 6.07) is 36.8. The van der Waals surface area contributed by atoms with Crippen molar-refractivity contribution in [2.75, 3.05) is 7.11 Å². The van der Waals surface area contributed by atoms with Crippen molar-refractivity contribution in [3.05, 3.63) is 159 Å². The number of ether oxygens (including phenoxy) is 4. The zero-order chi connectivity index (χ0) is 39.6. The Morgan fingerprint density at radius 2 is 0.945 bits per heavy atom. The molecule has 55 heavy (non-hydrogen) atoms. The number of hydrogen-bond donors (Lipinski definition) is 0. The summed E-state index contributed by atoms with van der Waals surface area (Å²) in [6.07, 6.45) is 0.513. The maximum absolute atomic E-state index is 13.2. The third-order valence-electron chi connectivity index (χ3n) is 12.4. The molecule has 284 valence electrons. The molecule has 0 amide bonds. The Hall–Kier alpha value is -5.36. The zero-order valence-corrected chi connectivity index (χ0v) is 33.8. The molecule has 1 atom stereocenters. The van der Waals surface area contributed by atoms with E-state index in [2.05, 4.69) is 122 Å². The highest BCUT2D eigenvalue weighted by Gasteiger charge is 2.56. The van der Waals surface area contributed by atoms with E-state index in [1.54, 1.807) is 12.1 Å². The molecule has 1 unspecified atom stereocenters. The second-order valence-corrected chi connectivity index (χ2v) is 17.8. The first-order chi connectivity index (χ1) is 25.9. The van der Waals surface area contributed by atoms with Gasteiger partial charge in [0.1, 0.15) is 17.2 Å². The van der Waals surface area contributed by atoms with Gasteiger partial charge in [-0.2, -0.15) is 0 Å². The van der Waals surface area contributed by atoms with Crippen molar-refractivity contribution in [3.8, 4) is 17.2 Å². The maximum atomic E-state index is 13.2. The van der Waals surface area contributed by atoms with E-state index in [-0.39, 0.29) is 27.1 Å². The van der Waals surface area contributed by atoms with Gasteiger partial charge in [-0.15, -0.1) is 0 Å². The maximum Gasteiger partial charge on any atom is 0.519 e. The van der Waals surface area contributed by atoms with Crippen molar-refractivity contribution in [2.45, 2.75) is 102 Å². The van der Waals surface area contributed by atoms with Crippen LogP contribution in [0.3, 0.4) is 0 Å². The smallest absolute Gasteiger partial charge is 0.437 e. The molecule has 6 nitrogen and oxygen atoms in total. The summed E-state index contributed by atoms with van der Waals surface area (Å²) >= 11 is 0. The van der Waals surface area contributed by atoms with Gasteiger partial charge in [0.15, 0.2) is 0 Å². The number of fused-ring (bicyclic) bond motifs is 4. The van der Waals surface area contributed by atoms with Crippen molar-refractivity contribution >= 4 is 12.3 Å². The Labute approximate surface area is 325 Å². The molecule has 0 bridgehead atoms. The topological polar surface area (TPSA) is 71.1 Å². The quantitative estimate of drug-likeness (QED) is 0.122. The van der Waals surface area contributed by atoms with Crippen LogP contribution in [0.1, 0.15) is 118 Å². The molecule has 6 heteroatoms. The Kier molecular flexibility index (Phi) is 9.27. The minimum atomic E-state index is -0.763. The van der Waals surface area contributed by atoms with Crippen LogP contribution in [0.5, 0.6) is 17.2 Å². The van der Waals surface area contributed by atoms with Gasteiger partial charge in [-0.1, -0.05) is 134 Å². The minimum Gasteiger partial charge on any atom is -0.437 e. The molecule has 0 saturated heterocycles. The molecule has 0 aromatic heterocycles. The van der Waals surface area contributed by atoms with Crippen LogP contribution in [0.4, 0.5) is 9.59 Å². The van der Waals surface area contributed by atoms with Gasteiger partial charge in [-0.3, -0.25) is 0 Å². The monoisotopic (exact) mass is 736 g/mol. The third-order valence-corrected chi connectivity index (χ3v) is 12.4. The molecule has 5 aromatic rings. The highest BCUT2D eigenvalue weighted by Crippen LogP contribution is 2.63. The van der Waals surface area contributed by atoms with E-state index in [4.69, 9.17) is 14.2 Å². The van der Waals surface area contributed by atoms with Crippen molar-refractivity contribution in [1.82, 2.24) is 0 Å². The molecular weight excluding hydrogens is 685 g/mol. The predicted molar refractivity (Wildman–Crippen MR) is 217 cm³/mol. The Morgan fingerprint density at radius 1 is 0.509 bits per heavy atom. The molecular formula is C49H52O6. The Bertz CT molecular complexity index is 2270. The van der Waals surface area contributed by atoms with Gasteiger partial charge >= 0.3 is 12.3 Å². The summed E-state index contributed by atoms with van der Waals surface area (Å²) < 4.78 is 21.4. The van der Waals surface area contributed by atoms with Crippen LogP contribution < -0.4 is 14.2 Å². The molecule has 0 saturated carbocycles. The van der Waals surface area contributed by atoms with Gasteiger partial charge in [-0.25, -0.2) is 9.59 Å². The van der Waals surface area contributed by atoms with Gasteiger partial charge in [-0.05, 0) is 112 Å². The summed E-state index contributed by atoms with van der Waals surface area (Å²) in [5, 5.41) is 0. The first-order valence-electron chi connectivity index (χ1n) is 19.1. The molecule has 7 rings (SSSR count). The first-order valence-corrected chi connectivity index (χ1v) is 19.1. The SMILES string of the molecule is COC(=O)Oc1ccc(C(C)(C)c2cccc(C(C)(C)c3ccc(OC(=O)Oc4ccc5c(c4)C4(CC(C)(C)c6ccc(C)cc64)CC5(C)C)cc3)c2)cc1. The Morgan fingerprint density at radius 3 is 1.45 bits per heavy atom. The molecule has 0 radical (unpaired) electrons. The summed E-state index contributed by atoms with van der Waals surface area (Å²) in [4.78, 5) is 24.8. The zero-order valence-electron chi connectivity index (χ0n) is 33.8. The minimum absolute atomic E-state index is 0.0151. The van der Waals surface area contributed by atoms with Crippen molar-refractivity contribution in [1.29, 1.82) is 0 Å². The van der Waals surface area contributed by atoms with Crippen LogP contribution in [0.2, 0.25) is 0 Å². The van der Waals surface area contributed by atoms with Crippen molar-refractivity contribution in [2.24, 2.45) is 0 Å². The van der Waals surface area contributed by atoms with Crippen LogP contribution in [0, 0.1) is 6.92 Å². The fourth-order valence-corrected chi connectivity index (χ4v) is 9.37. The molecule has 0 N–H and O–H groups in total. The van der Waals surface area contributed by atoms with Crippen LogP contribution in [0.15, 0.2) is 109 Å². The second kappa shape index (κ2) is 13.4. The highest BCUT2D eigenvalue weighted by atomic mass is 16.7. The van der Waals surface area contributed by atoms with Gasteiger partial charge in [0.2, 0.25) is 0 Å². The number of carbonyl (C=O) groups excluding carboxylic acids is 2. The molecule has 1 spiro atoms. The number of aryl methyl sites for hydroxylation is 1. The van der Waals surface area contributed by atoms with E-state index in [9.17, 15) is 9.59 Å². The van der Waals surface area contributed by atoms with Crippen LogP contribution >= 0.6 is 0 Å². The first kappa shape index (κ1) is 37.9. The van der Waals surface area contributed by atoms with Gasteiger partial charge in [0, 0.05) is 16.2 Å². The summed E-state index contributed by atoms with van der Waals surface area (Å²) in [5.74, 6) is 1.34. The number of carbonyl (C=O) groups is 2. The van der Waals surface area contributed by atoms with Gasteiger partial charge in [0.05, 0.1) is 7.11 Å². The molecule has 0 heterocycles. The van der Waals surface area contributed by atoms with Crippen LogP contribution in [-0.2, 0) is 31.8 Å². The fraction of sp³-hybridized carbons (Fsp3) is 0.347. The average molecular weight is 737 g/mol. The van der Waals surface area contributed by atoms with Gasteiger partial charge < -0.3 is 18.9 Å². The van der Waals surface area contributed by atoms with E-state index in [0.29, 0.717) is 17.2 Å². The number of methoxy groups -OCH3 is 1. The number of benzene rings is 5. The van der Waals surface area contributed by atoms with E-state index >= 15 is 0 Å². The van der Waals surface area contributed by atoms with E-state index < -0.39 is 12.3 Å².